The van der Waals surface area contributed by atoms with Crippen LogP contribution in [0.1, 0.15) is 49.5 Å². The van der Waals surface area contributed by atoms with E-state index >= 15 is 0 Å². The lowest BCUT2D eigenvalue weighted by Gasteiger charge is -2.25. The van der Waals surface area contributed by atoms with E-state index in [1.54, 1.807) is 6.20 Å². The van der Waals surface area contributed by atoms with Gasteiger partial charge < -0.3 is 10.0 Å². The van der Waals surface area contributed by atoms with Gasteiger partial charge in [0.2, 0.25) is 0 Å². The zero-order valence-corrected chi connectivity index (χ0v) is 13.8. The monoisotopic (exact) mass is 298 g/mol. The van der Waals surface area contributed by atoms with Gasteiger partial charge >= 0.3 is 0 Å². The average molecular weight is 298 g/mol. The second-order valence-corrected chi connectivity index (χ2v) is 5.71. The number of aliphatic hydroxyl groups excluding tert-OH is 1. The maximum absolute atomic E-state index is 10.5. The zero-order valence-electron chi connectivity index (χ0n) is 13.8. The third kappa shape index (κ3) is 3.86. The Hall–Kier alpha value is -1.87. The lowest BCUT2D eigenvalue weighted by molar-refractivity contribution is 0.220. The average Bonchev–Trinajstić information content (AvgIpc) is 2.55. The van der Waals surface area contributed by atoms with E-state index in [9.17, 15) is 5.11 Å². The molecule has 0 spiro atoms. The van der Waals surface area contributed by atoms with Crippen molar-refractivity contribution in [2.45, 2.75) is 39.7 Å². The summed E-state index contributed by atoms with van der Waals surface area (Å²) < 4.78 is 0. The van der Waals surface area contributed by atoms with E-state index in [1.807, 2.05) is 30.3 Å². The molecule has 118 valence electrons. The second-order valence-electron chi connectivity index (χ2n) is 5.71. The van der Waals surface area contributed by atoms with Gasteiger partial charge in [0, 0.05) is 24.8 Å². The molecule has 0 aliphatic heterocycles. The number of rotatable bonds is 7. The Bertz CT molecular complexity index is 577. The predicted molar refractivity (Wildman–Crippen MR) is 92.3 cm³/mol. The van der Waals surface area contributed by atoms with E-state index in [-0.39, 0.29) is 0 Å². The molecule has 2 aromatic rings. The van der Waals surface area contributed by atoms with E-state index < -0.39 is 6.10 Å². The van der Waals surface area contributed by atoms with Crippen molar-refractivity contribution in [3.63, 3.8) is 0 Å². The van der Waals surface area contributed by atoms with Crippen LogP contribution in [0.25, 0.3) is 0 Å². The van der Waals surface area contributed by atoms with Crippen molar-refractivity contribution >= 4 is 5.82 Å². The zero-order chi connectivity index (χ0) is 15.9. The molecule has 0 bridgehead atoms. The Kier molecular flexibility index (Phi) is 5.96. The first-order chi connectivity index (χ1) is 10.7. The van der Waals surface area contributed by atoms with Gasteiger partial charge in [-0.2, -0.15) is 0 Å². The molecule has 1 atom stereocenters. The molecule has 22 heavy (non-hydrogen) atoms. The summed E-state index contributed by atoms with van der Waals surface area (Å²) in [7, 11) is 0. The molecule has 0 fully saturated rings. The smallest absolute Gasteiger partial charge is 0.131 e. The maximum atomic E-state index is 10.5. The number of anilines is 1. The summed E-state index contributed by atoms with van der Waals surface area (Å²) in [6.07, 6.45) is 3.40. The fraction of sp³-hybridized carbons (Fsp3) is 0.421. The Labute approximate surface area is 133 Å². The van der Waals surface area contributed by atoms with Crippen molar-refractivity contribution in [1.82, 2.24) is 4.98 Å². The van der Waals surface area contributed by atoms with Crippen LogP contribution >= 0.6 is 0 Å². The van der Waals surface area contributed by atoms with Crippen molar-refractivity contribution < 1.29 is 5.11 Å². The van der Waals surface area contributed by atoms with Crippen LogP contribution in [0.5, 0.6) is 0 Å². The third-order valence-corrected chi connectivity index (χ3v) is 3.79. The van der Waals surface area contributed by atoms with Gasteiger partial charge in [-0.3, -0.25) is 0 Å². The summed E-state index contributed by atoms with van der Waals surface area (Å²) in [5.41, 5.74) is 2.87. The second kappa shape index (κ2) is 7.95. The first-order valence-electron chi connectivity index (χ1n) is 8.11. The molecule has 0 aliphatic carbocycles. The molecule has 0 saturated carbocycles. The molecule has 0 radical (unpaired) electrons. The first kappa shape index (κ1) is 16.5. The Balaban J connectivity index is 2.25. The standard InChI is InChI=1S/C19H26N2O/c1-4-11-21(12-5-2)19-15(3)13-17(14-20-19)18(22)16-9-7-6-8-10-16/h6-10,13-14,18,22H,4-5,11-12H2,1-3H3. The SMILES string of the molecule is CCCN(CCC)c1ncc(C(O)c2ccccc2)cc1C. The van der Waals surface area contributed by atoms with E-state index in [4.69, 9.17) is 0 Å². The van der Waals surface area contributed by atoms with Gasteiger partial charge in [-0.25, -0.2) is 4.98 Å². The van der Waals surface area contributed by atoms with Crippen LogP contribution < -0.4 is 4.90 Å². The fourth-order valence-corrected chi connectivity index (χ4v) is 2.76. The van der Waals surface area contributed by atoms with Gasteiger partial charge in [-0.1, -0.05) is 44.2 Å². The largest absolute Gasteiger partial charge is 0.384 e. The minimum atomic E-state index is -0.618. The fourth-order valence-electron chi connectivity index (χ4n) is 2.76. The molecular formula is C19H26N2O. The van der Waals surface area contributed by atoms with Crippen LogP contribution in [0.15, 0.2) is 42.6 Å². The molecule has 1 N–H and O–H groups in total. The number of hydrogen-bond donors (Lipinski definition) is 1. The molecule has 0 saturated heterocycles. The van der Waals surface area contributed by atoms with Crippen molar-refractivity contribution in [2.75, 3.05) is 18.0 Å². The molecule has 0 amide bonds. The van der Waals surface area contributed by atoms with Crippen LogP contribution in [0.3, 0.4) is 0 Å². The quantitative estimate of drug-likeness (QED) is 0.836. The Morgan fingerprint density at radius 1 is 1.05 bits per heavy atom. The molecular weight excluding hydrogens is 272 g/mol. The number of aliphatic hydroxyl groups is 1. The van der Waals surface area contributed by atoms with Crippen molar-refractivity contribution in [1.29, 1.82) is 0 Å². The minimum Gasteiger partial charge on any atom is -0.384 e. The molecule has 2 rings (SSSR count). The lowest BCUT2D eigenvalue weighted by Crippen LogP contribution is -2.26. The predicted octanol–water partition coefficient (Wildman–Crippen LogP) is 4.10. The molecule has 1 aromatic heterocycles. The van der Waals surface area contributed by atoms with Crippen LogP contribution in [0, 0.1) is 6.92 Å². The van der Waals surface area contributed by atoms with Crippen LogP contribution in [-0.4, -0.2) is 23.2 Å². The summed E-state index contributed by atoms with van der Waals surface area (Å²) >= 11 is 0. The first-order valence-corrected chi connectivity index (χ1v) is 8.11. The topological polar surface area (TPSA) is 36.4 Å². The number of pyridine rings is 1. The highest BCUT2D eigenvalue weighted by Gasteiger charge is 2.14. The van der Waals surface area contributed by atoms with Crippen LogP contribution in [0.4, 0.5) is 5.82 Å². The van der Waals surface area contributed by atoms with Crippen molar-refractivity contribution in [3.8, 4) is 0 Å². The van der Waals surface area contributed by atoms with Crippen molar-refractivity contribution in [2.24, 2.45) is 0 Å². The van der Waals surface area contributed by atoms with Gasteiger partial charge in [0.15, 0.2) is 0 Å². The number of benzene rings is 1. The molecule has 1 aromatic carbocycles. The summed E-state index contributed by atoms with van der Waals surface area (Å²) in [5.74, 6) is 1.03. The number of hydrogen-bond acceptors (Lipinski definition) is 3. The van der Waals surface area contributed by atoms with Gasteiger partial charge in [0.05, 0.1) is 0 Å². The summed E-state index contributed by atoms with van der Waals surface area (Å²) in [4.78, 5) is 6.96. The number of aryl methyl sites for hydroxylation is 1. The Morgan fingerprint density at radius 3 is 2.23 bits per heavy atom. The van der Waals surface area contributed by atoms with Gasteiger partial charge in [-0.15, -0.1) is 0 Å². The van der Waals surface area contributed by atoms with Crippen LogP contribution in [-0.2, 0) is 0 Å². The highest BCUT2D eigenvalue weighted by molar-refractivity contribution is 5.48. The maximum Gasteiger partial charge on any atom is 0.131 e. The minimum absolute atomic E-state index is 0.618. The molecule has 1 unspecified atom stereocenters. The van der Waals surface area contributed by atoms with Gasteiger partial charge in [-0.05, 0) is 37.0 Å². The van der Waals surface area contributed by atoms with E-state index in [0.717, 1.165) is 48.4 Å². The highest BCUT2D eigenvalue weighted by Crippen LogP contribution is 2.25. The van der Waals surface area contributed by atoms with Gasteiger partial charge in [0.25, 0.3) is 0 Å². The number of nitrogens with zero attached hydrogens (tertiary/aromatic N) is 2. The summed E-state index contributed by atoms with van der Waals surface area (Å²) in [6.45, 7) is 8.48. The van der Waals surface area contributed by atoms with E-state index in [2.05, 4.69) is 36.7 Å². The molecule has 3 heteroatoms. The lowest BCUT2D eigenvalue weighted by atomic mass is 10.0. The number of aromatic nitrogens is 1. The molecule has 0 aliphatic rings. The van der Waals surface area contributed by atoms with E-state index in [0.29, 0.717) is 0 Å². The summed E-state index contributed by atoms with van der Waals surface area (Å²) in [5, 5.41) is 10.5. The normalized spacial score (nSPS) is 12.2. The third-order valence-electron chi connectivity index (χ3n) is 3.79. The van der Waals surface area contributed by atoms with E-state index in [1.165, 1.54) is 0 Å². The highest BCUT2D eigenvalue weighted by atomic mass is 16.3. The molecule has 3 nitrogen and oxygen atoms in total. The van der Waals surface area contributed by atoms with Gasteiger partial charge in [0.1, 0.15) is 11.9 Å². The summed E-state index contributed by atoms with van der Waals surface area (Å²) in [6, 6.07) is 11.8. The Morgan fingerprint density at radius 2 is 1.68 bits per heavy atom. The van der Waals surface area contributed by atoms with Crippen molar-refractivity contribution in [3.05, 3.63) is 59.3 Å². The van der Waals surface area contributed by atoms with Crippen LogP contribution in [0.2, 0.25) is 0 Å². The molecule has 1 heterocycles.